The molecule has 0 aromatic heterocycles. The van der Waals surface area contributed by atoms with Gasteiger partial charge in [0.05, 0.1) is 42.8 Å². The number of aliphatic carboxylic acids is 1. The molecule has 6 amide bonds. The minimum atomic E-state index is -3.28. The van der Waals surface area contributed by atoms with E-state index in [2.05, 4.69) is 31.9 Å². The number of nitrogens with one attached hydrogen (secondary N) is 6. The second kappa shape index (κ2) is 23.0. The van der Waals surface area contributed by atoms with Gasteiger partial charge in [0.1, 0.15) is 24.1 Å². The number of hydrogen-bond acceptors (Lipinski definition) is 13. The normalized spacial score (nSPS) is 25.6. The average Bonchev–Trinajstić information content (AvgIpc) is 3.76. The van der Waals surface area contributed by atoms with Gasteiger partial charge in [0.25, 0.3) is 6.43 Å². The van der Waals surface area contributed by atoms with Crippen molar-refractivity contribution < 1.29 is 72.6 Å². The van der Waals surface area contributed by atoms with E-state index >= 15 is 0 Å². The van der Waals surface area contributed by atoms with Crippen LogP contribution >= 0.6 is 11.8 Å². The molecule has 3 aliphatic rings. The van der Waals surface area contributed by atoms with Gasteiger partial charge >= 0.3 is 17.8 Å². The number of rotatable bonds is 24. The number of amides is 6. The molecule has 0 spiro atoms. The number of fused-ring (bicyclic) bond motifs is 1. The number of carboxylic acid groups (broad SMARTS) is 1. The van der Waals surface area contributed by atoms with E-state index in [1.165, 1.54) is 0 Å². The summed E-state index contributed by atoms with van der Waals surface area (Å²) in [5, 5.41) is 67.4. The molecule has 1 aromatic rings. The fourth-order valence-corrected chi connectivity index (χ4v) is 8.80. The van der Waals surface area contributed by atoms with Crippen LogP contribution in [0.4, 0.5) is 19.3 Å². The van der Waals surface area contributed by atoms with Crippen LogP contribution in [0.25, 0.3) is 0 Å². The minimum absolute atomic E-state index is 0.00803. The summed E-state index contributed by atoms with van der Waals surface area (Å²) in [6.45, 7) is 0.971. The van der Waals surface area contributed by atoms with Crippen LogP contribution in [0.2, 0.25) is 0 Å². The van der Waals surface area contributed by atoms with Gasteiger partial charge in [-0.1, -0.05) is 19.3 Å². The number of anilines is 1. The predicted molar refractivity (Wildman–Crippen MR) is 211 cm³/mol. The van der Waals surface area contributed by atoms with Gasteiger partial charge in [0.15, 0.2) is 0 Å². The minimum Gasteiger partial charge on any atom is -0.476 e. The SMILES string of the molecule is CC(=O)N[C@H]1[C@H]([C@H](O)[C@H](O)CO)O[C@@](Oc2ccc(NC(=O)CCC(=O)NCCCCCCNC(=O)CCCCC3SCC4NC(=O)NC43)cc2C(F)F)(C(=O)O)C[C@@H]1O. The van der Waals surface area contributed by atoms with Gasteiger partial charge in [-0.15, -0.1) is 0 Å². The summed E-state index contributed by atoms with van der Waals surface area (Å²) < 4.78 is 39.5. The van der Waals surface area contributed by atoms with Gasteiger partial charge in [-0.05, 0) is 43.9 Å². The number of aliphatic hydroxyl groups excluding tert-OH is 4. The van der Waals surface area contributed by atoms with Crippen LogP contribution in [0.15, 0.2) is 18.2 Å². The van der Waals surface area contributed by atoms with Crippen LogP contribution in [0.3, 0.4) is 0 Å². The molecule has 0 saturated carbocycles. The molecule has 9 atom stereocenters. The number of ether oxygens (including phenoxy) is 2. The number of thioether (sulfide) groups is 1. The molecule has 4 rings (SSSR count). The molecule has 1 aromatic carbocycles. The summed E-state index contributed by atoms with van der Waals surface area (Å²) in [6, 6.07) is 1.63. The molecular formula is C38H56F2N6O13S. The predicted octanol–water partition coefficient (Wildman–Crippen LogP) is 0.390. The Balaban J connectivity index is 1.14. The molecule has 3 heterocycles. The first-order valence-corrected chi connectivity index (χ1v) is 21.0. The number of carbonyl (C=O) groups is 6. The number of carboxylic acids is 1. The highest BCUT2D eigenvalue weighted by Gasteiger charge is 2.57. The molecule has 19 nitrogen and oxygen atoms in total. The molecule has 22 heteroatoms. The third-order valence-corrected chi connectivity index (χ3v) is 11.9. The van der Waals surface area contributed by atoms with Crippen molar-refractivity contribution >= 4 is 53.1 Å². The monoisotopic (exact) mass is 874 g/mol. The molecular weight excluding hydrogens is 819 g/mol. The maximum absolute atomic E-state index is 14.3. The Labute approximate surface area is 349 Å². The lowest BCUT2D eigenvalue weighted by molar-refractivity contribution is -0.284. The first-order valence-electron chi connectivity index (χ1n) is 20.0. The standard InChI is InChI=1S/C38H56F2N6O13S/c1-20(48)43-32-24(49)17-38(36(55)56,59-34(32)33(54)25(50)18-47)58-26-11-10-21(16-22(26)35(39)40)44-30(53)13-12-29(52)42-15-7-3-2-6-14-41-28(51)9-5-4-8-27-31-23(19-60-27)45-37(57)46-31/h10-11,16,23-25,27,31-35,47,49-50,54H,2-9,12-15,17-19H2,1H3,(H,41,51)(H,42,52)(H,43,48)(H,44,53)(H,55,56)(H2,45,46,57)/t23?,24-,25+,27?,31?,32+,33+,34+,38+/m0/s1. The summed E-state index contributed by atoms with van der Waals surface area (Å²) in [7, 11) is 0. The van der Waals surface area contributed by atoms with E-state index in [-0.39, 0.29) is 42.6 Å². The van der Waals surface area contributed by atoms with Crippen LogP contribution in [0.5, 0.6) is 5.75 Å². The van der Waals surface area contributed by atoms with Crippen LogP contribution in [-0.4, -0.2) is 140 Å². The van der Waals surface area contributed by atoms with Crippen molar-refractivity contribution in [2.75, 3.05) is 30.8 Å². The molecule has 0 aliphatic carbocycles. The average molecular weight is 875 g/mol. The third kappa shape index (κ3) is 13.8. The number of halogens is 2. The van der Waals surface area contributed by atoms with E-state index in [0.717, 1.165) is 69.4 Å². The Morgan fingerprint density at radius 2 is 1.63 bits per heavy atom. The first kappa shape index (κ1) is 48.3. The maximum atomic E-state index is 14.3. The van der Waals surface area contributed by atoms with Crippen LogP contribution in [0.1, 0.15) is 89.5 Å². The van der Waals surface area contributed by atoms with Gasteiger partial charge in [-0.3, -0.25) is 19.2 Å². The Hall–Kier alpha value is -4.35. The molecule has 0 bridgehead atoms. The van der Waals surface area contributed by atoms with E-state index in [1.807, 2.05) is 11.8 Å². The quantitative estimate of drug-likeness (QED) is 0.0495. The topological polar surface area (TPSA) is 294 Å². The van der Waals surface area contributed by atoms with E-state index in [4.69, 9.17) is 9.47 Å². The Bertz CT molecular complexity index is 1670. The summed E-state index contributed by atoms with van der Waals surface area (Å²) in [5.41, 5.74) is -1.01. The smallest absolute Gasteiger partial charge is 0.377 e. The lowest BCUT2D eigenvalue weighted by Gasteiger charge is -2.46. The largest absolute Gasteiger partial charge is 0.476 e. The Morgan fingerprint density at radius 3 is 2.27 bits per heavy atom. The summed E-state index contributed by atoms with van der Waals surface area (Å²) in [5.74, 6) is -6.44. The van der Waals surface area contributed by atoms with E-state index in [0.29, 0.717) is 31.2 Å². The maximum Gasteiger partial charge on any atom is 0.377 e. The number of aliphatic hydroxyl groups is 4. The van der Waals surface area contributed by atoms with Crippen molar-refractivity contribution in [2.24, 2.45) is 0 Å². The molecule has 60 heavy (non-hydrogen) atoms. The molecule has 0 radical (unpaired) electrons. The van der Waals surface area contributed by atoms with E-state index in [9.17, 15) is 63.1 Å². The highest BCUT2D eigenvalue weighted by Crippen LogP contribution is 2.39. The first-order chi connectivity index (χ1) is 28.5. The number of urea groups is 1. The van der Waals surface area contributed by atoms with Crippen molar-refractivity contribution in [3.63, 3.8) is 0 Å². The molecule has 3 aliphatic heterocycles. The van der Waals surface area contributed by atoms with Gasteiger partial charge in [0.2, 0.25) is 23.6 Å². The van der Waals surface area contributed by atoms with Gasteiger partial charge < -0.3 is 66.9 Å². The summed E-state index contributed by atoms with van der Waals surface area (Å²) in [6.07, 6.45) is -6.15. The van der Waals surface area contributed by atoms with Crippen molar-refractivity contribution in [1.82, 2.24) is 26.6 Å². The number of unbranched alkanes of at least 4 members (excludes halogenated alkanes) is 4. The van der Waals surface area contributed by atoms with Crippen LogP contribution in [-0.2, 0) is 28.7 Å². The fourth-order valence-electron chi connectivity index (χ4n) is 7.26. The lowest BCUT2D eigenvalue weighted by atomic mass is 9.88. The number of hydrogen-bond donors (Lipinski definition) is 11. The second-order valence-electron chi connectivity index (χ2n) is 15.1. The van der Waals surface area contributed by atoms with Gasteiger partial charge in [0, 0.05) is 56.0 Å². The fraction of sp³-hybridized carbons (Fsp3) is 0.684. The van der Waals surface area contributed by atoms with Crippen molar-refractivity contribution in [3.8, 4) is 5.75 Å². The Kier molecular flexibility index (Phi) is 18.5. The van der Waals surface area contributed by atoms with Crippen molar-refractivity contribution in [3.05, 3.63) is 23.8 Å². The number of alkyl halides is 2. The highest BCUT2D eigenvalue weighted by molar-refractivity contribution is 8.00. The van der Waals surface area contributed by atoms with Crippen molar-refractivity contribution in [1.29, 1.82) is 0 Å². The summed E-state index contributed by atoms with van der Waals surface area (Å²) in [4.78, 5) is 72.8. The molecule has 3 fully saturated rings. The lowest BCUT2D eigenvalue weighted by Crippen LogP contribution is -2.68. The van der Waals surface area contributed by atoms with Crippen LogP contribution in [0, 0.1) is 0 Å². The van der Waals surface area contributed by atoms with Crippen molar-refractivity contribution in [2.45, 2.75) is 138 Å². The van der Waals surface area contributed by atoms with Gasteiger partial charge in [-0.2, -0.15) is 11.8 Å². The molecule has 3 saturated heterocycles. The van der Waals surface area contributed by atoms with Crippen LogP contribution < -0.4 is 36.6 Å². The molecule has 3 unspecified atom stereocenters. The number of carbonyl (C=O) groups excluding carboxylic acids is 5. The summed E-state index contributed by atoms with van der Waals surface area (Å²) >= 11 is 1.85. The highest BCUT2D eigenvalue weighted by atomic mass is 32.2. The second-order valence-corrected chi connectivity index (χ2v) is 16.3. The zero-order chi connectivity index (χ0) is 44.0. The zero-order valence-electron chi connectivity index (χ0n) is 33.2. The number of benzene rings is 1. The zero-order valence-corrected chi connectivity index (χ0v) is 34.0. The Morgan fingerprint density at radius 1 is 0.967 bits per heavy atom. The van der Waals surface area contributed by atoms with E-state index in [1.54, 1.807) is 0 Å². The molecule has 11 N–H and O–H groups in total. The third-order valence-electron chi connectivity index (χ3n) is 10.4. The molecule has 336 valence electrons. The van der Waals surface area contributed by atoms with E-state index < -0.39 is 90.7 Å². The van der Waals surface area contributed by atoms with Gasteiger partial charge in [-0.25, -0.2) is 18.4 Å².